The van der Waals surface area contributed by atoms with Crippen molar-refractivity contribution in [3.05, 3.63) is 48.6 Å². The fraction of sp³-hybridized carbons (Fsp3) is 0.526. The van der Waals surface area contributed by atoms with Gasteiger partial charge in [-0.05, 0) is 24.8 Å². The van der Waals surface area contributed by atoms with Crippen LogP contribution < -0.4 is 0 Å². The summed E-state index contributed by atoms with van der Waals surface area (Å²) in [6.45, 7) is 5.88. The third kappa shape index (κ3) is 4.12. The second-order valence-corrected chi connectivity index (χ2v) is 9.25. The molecular weight excluding hydrogens is 336 g/mol. The van der Waals surface area contributed by atoms with Crippen LogP contribution in [0.5, 0.6) is 0 Å². The van der Waals surface area contributed by atoms with E-state index in [2.05, 4.69) is 6.58 Å². The monoisotopic (exact) mass is 362 g/mol. The number of carbonyl (C=O) groups is 1. The van der Waals surface area contributed by atoms with Gasteiger partial charge in [0.1, 0.15) is 0 Å². The van der Waals surface area contributed by atoms with Gasteiger partial charge in [-0.15, -0.1) is 6.58 Å². The molecule has 2 saturated heterocycles. The zero-order valence-electron chi connectivity index (χ0n) is 14.6. The summed E-state index contributed by atoms with van der Waals surface area (Å²) < 4.78 is 26.5. The van der Waals surface area contributed by atoms with Crippen molar-refractivity contribution in [3.63, 3.8) is 0 Å². The lowest BCUT2D eigenvalue weighted by Crippen LogP contribution is -2.55. The van der Waals surface area contributed by atoms with Crippen LogP contribution in [0.2, 0.25) is 0 Å². The van der Waals surface area contributed by atoms with E-state index in [4.69, 9.17) is 0 Å². The average Bonchev–Trinajstić information content (AvgIpc) is 2.59. The Bertz CT molecular complexity index is 732. The van der Waals surface area contributed by atoms with Crippen molar-refractivity contribution in [3.8, 4) is 0 Å². The van der Waals surface area contributed by atoms with Gasteiger partial charge < -0.3 is 4.90 Å². The van der Waals surface area contributed by atoms with Gasteiger partial charge in [0.2, 0.25) is 15.9 Å². The van der Waals surface area contributed by atoms with Crippen LogP contribution in [-0.2, 0) is 21.4 Å². The van der Waals surface area contributed by atoms with Crippen molar-refractivity contribution in [2.45, 2.75) is 32.2 Å². The number of sulfonamides is 1. The maximum atomic E-state index is 12.4. The van der Waals surface area contributed by atoms with Crippen LogP contribution >= 0.6 is 0 Å². The van der Waals surface area contributed by atoms with E-state index < -0.39 is 10.0 Å². The maximum absolute atomic E-state index is 12.4. The summed E-state index contributed by atoms with van der Waals surface area (Å²) in [7, 11) is -3.29. The molecule has 2 aliphatic heterocycles. The van der Waals surface area contributed by atoms with Gasteiger partial charge in [-0.3, -0.25) is 4.79 Å². The summed E-state index contributed by atoms with van der Waals surface area (Å²) in [6, 6.07) is 9.96. The van der Waals surface area contributed by atoms with Gasteiger partial charge in [0.15, 0.2) is 0 Å². The highest BCUT2D eigenvalue weighted by atomic mass is 32.2. The van der Waals surface area contributed by atoms with Crippen molar-refractivity contribution in [1.29, 1.82) is 0 Å². The highest BCUT2D eigenvalue weighted by molar-refractivity contribution is 7.89. The molecule has 1 aromatic rings. The molecule has 0 aromatic heterocycles. The average molecular weight is 362 g/mol. The topological polar surface area (TPSA) is 57.7 Å². The van der Waals surface area contributed by atoms with Gasteiger partial charge in [0, 0.05) is 38.0 Å². The molecule has 6 heteroatoms. The van der Waals surface area contributed by atoms with Crippen molar-refractivity contribution in [2.75, 3.05) is 25.4 Å². The molecule has 1 amide bonds. The lowest BCUT2D eigenvalue weighted by molar-refractivity contribution is -0.139. The molecule has 3 rings (SSSR count). The summed E-state index contributed by atoms with van der Waals surface area (Å²) in [6.07, 6.45) is 4.55. The summed E-state index contributed by atoms with van der Waals surface area (Å²) in [4.78, 5) is 14.3. The molecule has 0 saturated carbocycles. The number of likely N-dealkylation sites (tertiary alicyclic amines) is 1. The van der Waals surface area contributed by atoms with Crippen LogP contribution in [0.3, 0.4) is 0 Å². The van der Waals surface area contributed by atoms with Crippen molar-refractivity contribution >= 4 is 15.9 Å². The highest BCUT2D eigenvalue weighted by Crippen LogP contribution is 2.40. The van der Waals surface area contributed by atoms with Crippen molar-refractivity contribution in [1.82, 2.24) is 9.21 Å². The van der Waals surface area contributed by atoms with E-state index in [1.165, 1.54) is 6.08 Å². The van der Waals surface area contributed by atoms with Crippen molar-refractivity contribution in [2.24, 2.45) is 5.41 Å². The summed E-state index contributed by atoms with van der Waals surface area (Å²) in [5.41, 5.74) is 0.995. The minimum atomic E-state index is -3.29. The van der Waals surface area contributed by atoms with E-state index in [0.29, 0.717) is 32.6 Å². The first kappa shape index (κ1) is 18.1. The number of nitrogens with zero attached hydrogens (tertiary/aromatic N) is 2. The number of piperidine rings is 2. The van der Waals surface area contributed by atoms with Crippen LogP contribution in [0.1, 0.15) is 31.2 Å². The second-order valence-electron chi connectivity index (χ2n) is 7.24. The van der Waals surface area contributed by atoms with Gasteiger partial charge in [-0.2, -0.15) is 0 Å². The second kappa shape index (κ2) is 7.30. The van der Waals surface area contributed by atoms with Crippen LogP contribution in [-0.4, -0.2) is 48.9 Å². The summed E-state index contributed by atoms with van der Waals surface area (Å²) in [5.74, 6) is 0.149. The molecule has 1 atom stereocenters. The Balaban J connectivity index is 1.74. The number of amides is 1. The fourth-order valence-corrected chi connectivity index (χ4v) is 5.42. The molecule has 0 bridgehead atoms. The minimum Gasteiger partial charge on any atom is -0.338 e. The number of rotatable bonds is 5. The smallest absolute Gasteiger partial charge is 0.222 e. The van der Waals surface area contributed by atoms with Gasteiger partial charge in [-0.25, -0.2) is 12.7 Å². The highest BCUT2D eigenvalue weighted by Gasteiger charge is 2.43. The Morgan fingerprint density at radius 2 is 1.92 bits per heavy atom. The Labute approximate surface area is 150 Å². The van der Waals surface area contributed by atoms with E-state index in [1.54, 1.807) is 4.31 Å². The zero-order chi connectivity index (χ0) is 17.9. The molecule has 0 radical (unpaired) electrons. The number of hydrogen-bond acceptors (Lipinski definition) is 3. The molecule has 2 fully saturated rings. The van der Waals surface area contributed by atoms with Gasteiger partial charge in [0.25, 0.3) is 0 Å². The predicted octanol–water partition coefficient (Wildman–Crippen LogP) is 2.41. The van der Waals surface area contributed by atoms with E-state index in [-0.39, 0.29) is 17.1 Å². The predicted molar refractivity (Wildman–Crippen MR) is 98.3 cm³/mol. The first-order valence-electron chi connectivity index (χ1n) is 8.85. The third-order valence-electron chi connectivity index (χ3n) is 5.31. The van der Waals surface area contributed by atoms with E-state index >= 15 is 0 Å². The molecule has 0 aliphatic carbocycles. The lowest BCUT2D eigenvalue weighted by Gasteiger charge is -2.47. The largest absolute Gasteiger partial charge is 0.338 e. The summed E-state index contributed by atoms with van der Waals surface area (Å²) in [5, 5.41) is 0. The maximum Gasteiger partial charge on any atom is 0.222 e. The molecule has 2 aliphatic rings. The van der Waals surface area contributed by atoms with Crippen LogP contribution in [0.4, 0.5) is 0 Å². The molecule has 0 N–H and O–H groups in total. The SMILES string of the molecule is C=CCS(=O)(=O)N1CCC[C@@]2(CCC(=O)N(Cc3ccccc3)C2)C1. The standard InChI is InChI=1S/C19H26N2O3S/c1-2-13-25(23,24)21-12-6-10-19(16-21)11-9-18(22)20(15-19)14-17-7-4-3-5-8-17/h2-5,7-8H,1,6,9-16H2/t19-/m0/s1. The quantitative estimate of drug-likeness (QED) is 0.756. The Kier molecular flexibility index (Phi) is 5.29. The number of hydrogen-bond donors (Lipinski definition) is 0. The molecule has 25 heavy (non-hydrogen) atoms. The molecule has 136 valence electrons. The Hall–Kier alpha value is -1.66. The normalized spacial score (nSPS) is 25.3. The molecule has 1 aromatic carbocycles. The molecular formula is C19H26N2O3S. The number of benzene rings is 1. The van der Waals surface area contributed by atoms with Crippen LogP contribution in [0, 0.1) is 5.41 Å². The van der Waals surface area contributed by atoms with Crippen LogP contribution in [0.25, 0.3) is 0 Å². The summed E-state index contributed by atoms with van der Waals surface area (Å²) >= 11 is 0. The molecule has 2 heterocycles. The van der Waals surface area contributed by atoms with Gasteiger partial charge in [-0.1, -0.05) is 36.4 Å². The van der Waals surface area contributed by atoms with E-state index in [0.717, 1.165) is 24.8 Å². The van der Waals surface area contributed by atoms with Gasteiger partial charge in [0.05, 0.1) is 5.75 Å². The Morgan fingerprint density at radius 3 is 2.64 bits per heavy atom. The molecule has 1 spiro atoms. The lowest BCUT2D eigenvalue weighted by atomic mass is 9.74. The van der Waals surface area contributed by atoms with E-state index in [1.807, 2.05) is 35.2 Å². The first-order valence-corrected chi connectivity index (χ1v) is 10.5. The minimum absolute atomic E-state index is 0.0181. The van der Waals surface area contributed by atoms with Crippen LogP contribution in [0.15, 0.2) is 43.0 Å². The number of carbonyl (C=O) groups excluding carboxylic acids is 1. The third-order valence-corrected chi connectivity index (χ3v) is 7.07. The molecule has 5 nitrogen and oxygen atoms in total. The molecule has 0 unspecified atom stereocenters. The van der Waals surface area contributed by atoms with E-state index in [9.17, 15) is 13.2 Å². The van der Waals surface area contributed by atoms with Gasteiger partial charge >= 0.3 is 0 Å². The Morgan fingerprint density at radius 1 is 1.16 bits per heavy atom. The van der Waals surface area contributed by atoms with Crippen molar-refractivity contribution < 1.29 is 13.2 Å². The zero-order valence-corrected chi connectivity index (χ0v) is 15.4. The first-order chi connectivity index (χ1) is 11.9. The fourth-order valence-electron chi connectivity index (χ4n) is 4.04.